The molecule has 2 heterocycles. The average molecular weight is 569 g/mol. The van der Waals surface area contributed by atoms with Crippen molar-refractivity contribution in [3.8, 4) is 0 Å². The number of aliphatic carboxylic acids is 1. The molecule has 2 fully saturated rings. The van der Waals surface area contributed by atoms with Crippen LogP contribution in [-0.4, -0.2) is 70.7 Å². The van der Waals surface area contributed by atoms with Crippen molar-refractivity contribution >= 4 is 11.9 Å². The Bertz CT molecular complexity index is 824. The maximum absolute atomic E-state index is 14.2. The first-order valence-corrected chi connectivity index (χ1v) is 15.8. The van der Waals surface area contributed by atoms with Crippen LogP contribution in [0.15, 0.2) is 0 Å². The van der Waals surface area contributed by atoms with Gasteiger partial charge < -0.3 is 9.84 Å². The molecule has 0 aliphatic carbocycles. The number of ether oxygens (including phenoxy) is 1. The first kappa shape index (κ1) is 35.0. The Labute approximate surface area is 244 Å². The highest BCUT2D eigenvalue weighted by atomic mass is 16.7. The number of carbonyl (C=O) groups is 2. The van der Waals surface area contributed by atoms with Crippen molar-refractivity contribution in [3.05, 3.63) is 0 Å². The van der Waals surface area contributed by atoms with E-state index in [1.165, 1.54) is 0 Å². The topological polar surface area (TPSA) is 88.5 Å². The molecule has 0 amide bonds. The van der Waals surface area contributed by atoms with Crippen LogP contribution < -0.4 is 0 Å². The van der Waals surface area contributed by atoms with E-state index < -0.39 is 5.97 Å². The van der Waals surface area contributed by atoms with Gasteiger partial charge in [-0.05, 0) is 72.1 Å². The highest BCUT2D eigenvalue weighted by molar-refractivity contribution is 5.73. The molecule has 8 heteroatoms. The molecule has 3 unspecified atom stereocenters. The predicted molar refractivity (Wildman–Crippen MR) is 158 cm³/mol. The lowest BCUT2D eigenvalue weighted by atomic mass is 9.58. The highest BCUT2D eigenvalue weighted by Crippen LogP contribution is 2.52. The van der Waals surface area contributed by atoms with Crippen molar-refractivity contribution < 1.29 is 29.1 Å². The van der Waals surface area contributed by atoms with Crippen LogP contribution in [0, 0.1) is 22.7 Å². The normalized spacial score (nSPS) is 26.8. The summed E-state index contributed by atoms with van der Waals surface area (Å²) < 4.78 is 6.51. The van der Waals surface area contributed by atoms with Gasteiger partial charge in [0.15, 0.2) is 0 Å². The highest BCUT2D eigenvalue weighted by Gasteiger charge is 2.56. The first-order chi connectivity index (χ1) is 18.6. The lowest BCUT2D eigenvalue weighted by Gasteiger charge is -2.58. The molecule has 2 rings (SSSR count). The van der Waals surface area contributed by atoms with E-state index in [1.807, 2.05) is 13.8 Å². The standard InChI is InChI=1S/C32H60N2O6/c1-11-38-33-22-20-25(29(3,4)31(33,7)8)24(18-16-14-13-15-17-19-27(35)36)28(37)40-26-21-23-34(39-12-2)32(9,10)30(26,5)6/h24-26H,11-23H2,1-10H3,(H,35,36). The Balaban J connectivity index is 2.23. The summed E-state index contributed by atoms with van der Waals surface area (Å²) in [5, 5.41) is 13.1. The van der Waals surface area contributed by atoms with Crippen LogP contribution in [0.25, 0.3) is 0 Å². The Kier molecular flexibility index (Phi) is 12.5. The van der Waals surface area contributed by atoms with E-state index >= 15 is 0 Å². The fourth-order valence-corrected chi connectivity index (χ4v) is 6.82. The second-order valence-corrected chi connectivity index (χ2v) is 14.0. The molecule has 1 N–H and O–H groups in total. The number of hydroxylamine groups is 4. The van der Waals surface area contributed by atoms with Crippen LogP contribution >= 0.6 is 0 Å². The van der Waals surface area contributed by atoms with Crippen molar-refractivity contribution in [1.82, 2.24) is 10.1 Å². The van der Waals surface area contributed by atoms with E-state index in [0.29, 0.717) is 19.6 Å². The molecular formula is C32H60N2O6. The maximum Gasteiger partial charge on any atom is 0.309 e. The molecule has 0 bridgehead atoms. The lowest BCUT2D eigenvalue weighted by Crippen LogP contribution is -2.64. The number of carboxylic acids is 1. The second-order valence-electron chi connectivity index (χ2n) is 14.0. The minimum atomic E-state index is -0.732. The predicted octanol–water partition coefficient (Wildman–Crippen LogP) is 6.87. The van der Waals surface area contributed by atoms with Gasteiger partial charge in [-0.3, -0.25) is 19.3 Å². The van der Waals surface area contributed by atoms with Gasteiger partial charge in [-0.1, -0.05) is 53.4 Å². The van der Waals surface area contributed by atoms with Crippen LogP contribution in [0.1, 0.15) is 127 Å². The quantitative estimate of drug-likeness (QED) is 0.169. The molecule has 0 aromatic rings. The van der Waals surface area contributed by atoms with Gasteiger partial charge in [-0.15, -0.1) is 0 Å². The van der Waals surface area contributed by atoms with Gasteiger partial charge in [0.05, 0.1) is 19.1 Å². The number of piperidine rings is 2. The molecule has 0 aromatic heterocycles. The molecule has 0 aromatic carbocycles. The van der Waals surface area contributed by atoms with Crippen LogP contribution in [0.3, 0.4) is 0 Å². The summed E-state index contributed by atoms with van der Waals surface area (Å²) in [5.74, 6) is -0.827. The van der Waals surface area contributed by atoms with E-state index in [4.69, 9.17) is 19.5 Å². The van der Waals surface area contributed by atoms with Gasteiger partial charge >= 0.3 is 11.9 Å². The van der Waals surface area contributed by atoms with Gasteiger partial charge in [0.1, 0.15) is 6.10 Å². The fourth-order valence-electron chi connectivity index (χ4n) is 6.82. The number of hydrogen-bond acceptors (Lipinski definition) is 7. The smallest absolute Gasteiger partial charge is 0.309 e. The van der Waals surface area contributed by atoms with E-state index in [2.05, 4.69) is 65.5 Å². The SMILES string of the molecule is CCON1CCC(OC(=O)C(CCCCCCCC(=O)O)C2CCN(OCC)C(C)(C)C2(C)C)C(C)(C)C1(C)C. The number of hydrogen-bond donors (Lipinski definition) is 1. The summed E-state index contributed by atoms with van der Waals surface area (Å²) in [5.41, 5.74) is -1.01. The molecule has 2 aliphatic heterocycles. The monoisotopic (exact) mass is 568 g/mol. The van der Waals surface area contributed by atoms with E-state index in [-0.39, 0.29) is 52.2 Å². The Morgan fingerprint density at radius 3 is 1.82 bits per heavy atom. The molecule has 0 saturated carbocycles. The summed E-state index contributed by atoms with van der Waals surface area (Å²) in [4.78, 5) is 37.0. The fraction of sp³-hybridized carbons (Fsp3) is 0.938. The van der Waals surface area contributed by atoms with Crippen molar-refractivity contribution in [2.24, 2.45) is 22.7 Å². The number of nitrogens with zero attached hydrogens (tertiary/aromatic N) is 2. The van der Waals surface area contributed by atoms with Crippen LogP contribution in [0.4, 0.5) is 0 Å². The third kappa shape index (κ3) is 7.59. The van der Waals surface area contributed by atoms with Gasteiger partial charge in [0.25, 0.3) is 0 Å². The minimum absolute atomic E-state index is 0.0663. The largest absolute Gasteiger partial charge is 0.481 e. The number of carbonyl (C=O) groups excluding carboxylic acids is 1. The minimum Gasteiger partial charge on any atom is -0.481 e. The molecule has 40 heavy (non-hydrogen) atoms. The summed E-state index contributed by atoms with van der Waals surface area (Å²) in [6.07, 6.45) is 7.00. The Morgan fingerprint density at radius 2 is 1.27 bits per heavy atom. The zero-order valence-electron chi connectivity index (χ0n) is 27.3. The van der Waals surface area contributed by atoms with Gasteiger partial charge in [-0.25, -0.2) is 0 Å². The summed E-state index contributed by atoms with van der Waals surface area (Å²) in [6.45, 7) is 24.6. The molecule has 3 atom stereocenters. The average Bonchev–Trinajstić information content (AvgIpc) is 2.85. The maximum atomic E-state index is 14.2. The second kappa shape index (κ2) is 14.3. The van der Waals surface area contributed by atoms with Crippen LogP contribution in [0.5, 0.6) is 0 Å². The van der Waals surface area contributed by atoms with Crippen LogP contribution in [-0.2, 0) is 24.0 Å². The molecule has 0 spiro atoms. The number of unbranched alkanes of at least 4 members (excludes halogenated alkanes) is 4. The van der Waals surface area contributed by atoms with Gasteiger partial charge in [0.2, 0.25) is 0 Å². The van der Waals surface area contributed by atoms with Gasteiger partial charge in [0, 0.05) is 42.4 Å². The van der Waals surface area contributed by atoms with Crippen LogP contribution in [0.2, 0.25) is 0 Å². The molecular weight excluding hydrogens is 508 g/mol. The van der Waals surface area contributed by atoms with Crippen molar-refractivity contribution in [3.63, 3.8) is 0 Å². The molecule has 0 radical (unpaired) electrons. The Hall–Kier alpha value is -1.22. The third-order valence-electron chi connectivity index (χ3n) is 10.9. The van der Waals surface area contributed by atoms with Crippen molar-refractivity contribution in [2.45, 2.75) is 144 Å². The summed E-state index contributed by atoms with van der Waals surface area (Å²) in [6, 6.07) is 0. The Morgan fingerprint density at radius 1 is 0.775 bits per heavy atom. The molecule has 2 saturated heterocycles. The van der Waals surface area contributed by atoms with Gasteiger partial charge in [-0.2, -0.15) is 10.1 Å². The number of carboxylic acid groups (broad SMARTS) is 1. The zero-order chi connectivity index (χ0) is 30.4. The molecule has 2 aliphatic rings. The molecule has 8 nitrogen and oxygen atoms in total. The first-order valence-electron chi connectivity index (χ1n) is 15.8. The van der Waals surface area contributed by atoms with E-state index in [9.17, 15) is 9.59 Å². The summed E-state index contributed by atoms with van der Waals surface area (Å²) >= 11 is 0. The molecule has 234 valence electrons. The zero-order valence-corrected chi connectivity index (χ0v) is 27.3. The van der Waals surface area contributed by atoms with E-state index in [1.54, 1.807) is 0 Å². The number of esters is 1. The third-order valence-corrected chi connectivity index (χ3v) is 10.9. The number of rotatable bonds is 15. The lowest BCUT2D eigenvalue weighted by molar-refractivity contribution is -0.281. The van der Waals surface area contributed by atoms with E-state index in [0.717, 1.165) is 58.0 Å². The summed E-state index contributed by atoms with van der Waals surface area (Å²) in [7, 11) is 0. The van der Waals surface area contributed by atoms with Crippen molar-refractivity contribution in [2.75, 3.05) is 26.3 Å². The van der Waals surface area contributed by atoms with Crippen molar-refractivity contribution in [1.29, 1.82) is 0 Å².